The topological polar surface area (TPSA) is 73.0 Å². The van der Waals surface area contributed by atoms with E-state index in [0.717, 1.165) is 6.26 Å². The Hall–Kier alpha value is -1.10. The average molecular weight is 186 g/mol. The minimum Gasteiger partial charge on any atom is -0.384 e. The van der Waals surface area contributed by atoms with Gasteiger partial charge in [0.15, 0.2) is 9.84 Å². The number of rotatable bonds is 2. The molecule has 0 saturated heterocycles. The fourth-order valence-corrected chi connectivity index (χ4v) is 1.55. The smallest absolute Gasteiger partial charge is 0.153 e. The van der Waals surface area contributed by atoms with Crippen LogP contribution in [0.5, 0.6) is 0 Å². The molecule has 1 aromatic rings. The first kappa shape index (κ1) is 8.99. The van der Waals surface area contributed by atoms with E-state index in [0.29, 0.717) is 11.5 Å². The van der Waals surface area contributed by atoms with E-state index in [4.69, 9.17) is 5.73 Å². The van der Waals surface area contributed by atoms with Gasteiger partial charge in [-0.3, -0.25) is 0 Å². The van der Waals surface area contributed by atoms with Crippen LogP contribution >= 0.6 is 0 Å². The second kappa shape index (κ2) is 3.10. The predicted octanol–water partition coefficient (Wildman–Crippen LogP) is 0.208. The summed E-state index contributed by atoms with van der Waals surface area (Å²) in [7, 11) is -3.01. The van der Waals surface area contributed by atoms with Gasteiger partial charge in [-0.2, -0.15) is 0 Å². The van der Waals surface area contributed by atoms with Crippen LogP contribution in [-0.2, 0) is 15.6 Å². The van der Waals surface area contributed by atoms with Crippen molar-refractivity contribution in [1.82, 2.24) is 4.98 Å². The molecule has 1 aromatic heterocycles. The van der Waals surface area contributed by atoms with Crippen LogP contribution in [-0.4, -0.2) is 19.7 Å². The molecule has 0 bridgehead atoms. The van der Waals surface area contributed by atoms with Crippen LogP contribution in [0, 0.1) is 0 Å². The minimum atomic E-state index is -3.01. The minimum absolute atomic E-state index is 0.0575. The van der Waals surface area contributed by atoms with Gasteiger partial charge < -0.3 is 5.73 Å². The van der Waals surface area contributed by atoms with E-state index in [1.165, 1.54) is 0 Å². The maximum Gasteiger partial charge on any atom is 0.153 e. The first-order chi connectivity index (χ1) is 5.47. The number of pyridine rings is 1. The molecule has 0 atom stereocenters. The van der Waals surface area contributed by atoms with Crippen LogP contribution in [0.3, 0.4) is 0 Å². The Morgan fingerprint density at radius 2 is 2.17 bits per heavy atom. The predicted molar refractivity (Wildman–Crippen MR) is 47.2 cm³/mol. The zero-order valence-corrected chi connectivity index (χ0v) is 7.50. The Morgan fingerprint density at radius 3 is 2.67 bits per heavy atom. The third-order valence-corrected chi connectivity index (χ3v) is 2.06. The van der Waals surface area contributed by atoms with Gasteiger partial charge in [-0.05, 0) is 12.1 Å². The van der Waals surface area contributed by atoms with Crippen molar-refractivity contribution in [2.75, 3.05) is 12.0 Å². The molecule has 0 aliphatic carbocycles. The second-order valence-electron chi connectivity index (χ2n) is 2.62. The van der Waals surface area contributed by atoms with Crippen molar-refractivity contribution in [1.29, 1.82) is 0 Å². The molecule has 0 aromatic carbocycles. The highest BCUT2D eigenvalue weighted by Gasteiger charge is 2.04. The Balaban J connectivity index is 2.91. The second-order valence-corrected chi connectivity index (χ2v) is 4.76. The van der Waals surface area contributed by atoms with Gasteiger partial charge in [-0.25, -0.2) is 13.4 Å². The number of aromatic nitrogens is 1. The zero-order valence-electron chi connectivity index (χ0n) is 6.69. The molecular formula is C7H10N2O2S. The molecule has 66 valence electrons. The van der Waals surface area contributed by atoms with Gasteiger partial charge in [0, 0.05) is 6.26 Å². The van der Waals surface area contributed by atoms with Crippen molar-refractivity contribution >= 4 is 15.7 Å². The molecule has 0 amide bonds. The first-order valence-electron chi connectivity index (χ1n) is 3.36. The lowest BCUT2D eigenvalue weighted by Gasteiger charge is -1.98. The van der Waals surface area contributed by atoms with Gasteiger partial charge >= 0.3 is 0 Å². The molecular weight excluding hydrogens is 176 g/mol. The summed E-state index contributed by atoms with van der Waals surface area (Å²) in [6.07, 6.45) is 1.16. The first-order valence-corrected chi connectivity index (χ1v) is 5.42. The molecule has 12 heavy (non-hydrogen) atoms. The molecule has 0 radical (unpaired) electrons. The third kappa shape index (κ3) is 2.87. The molecule has 0 saturated carbocycles. The van der Waals surface area contributed by atoms with Crippen molar-refractivity contribution in [3.63, 3.8) is 0 Å². The Labute approximate surface area is 71.3 Å². The maximum absolute atomic E-state index is 10.8. The van der Waals surface area contributed by atoms with Gasteiger partial charge in [0.1, 0.15) is 5.82 Å². The van der Waals surface area contributed by atoms with Crippen molar-refractivity contribution in [2.24, 2.45) is 0 Å². The summed E-state index contributed by atoms with van der Waals surface area (Å²) in [6, 6.07) is 4.94. The fraction of sp³-hybridized carbons (Fsp3) is 0.286. The highest BCUT2D eigenvalue weighted by atomic mass is 32.2. The molecule has 1 heterocycles. The summed E-state index contributed by atoms with van der Waals surface area (Å²) in [5.74, 6) is 0.286. The van der Waals surface area contributed by atoms with E-state index in [2.05, 4.69) is 4.98 Å². The summed E-state index contributed by atoms with van der Waals surface area (Å²) in [5, 5.41) is 0. The number of sulfone groups is 1. The van der Waals surface area contributed by atoms with Crippen LogP contribution in [0.1, 0.15) is 5.69 Å². The van der Waals surface area contributed by atoms with Gasteiger partial charge in [0.25, 0.3) is 0 Å². The summed E-state index contributed by atoms with van der Waals surface area (Å²) >= 11 is 0. The summed E-state index contributed by atoms with van der Waals surface area (Å²) in [4.78, 5) is 3.86. The number of hydrogen-bond donors (Lipinski definition) is 1. The van der Waals surface area contributed by atoms with Crippen LogP contribution in [0.25, 0.3) is 0 Å². The largest absolute Gasteiger partial charge is 0.384 e. The van der Waals surface area contributed by atoms with Crippen LogP contribution < -0.4 is 5.73 Å². The van der Waals surface area contributed by atoms with Gasteiger partial charge in [-0.15, -0.1) is 0 Å². The van der Waals surface area contributed by atoms with Gasteiger partial charge in [0.2, 0.25) is 0 Å². The number of anilines is 1. The van der Waals surface area contributed by atoms with Crippen molar-refractivity contribution in [2.45, 2.75) is 5.75 Å². The zero-order chi connectivity index (χ0) is 9.19. The number of nitrogens with two attached hydrogens (primary N) is 1. The molecule has 0 unspecified atom stereocenters. The van der Waals surface area contributed by atoms with Crippen molar-refractivity contribution in [3.8, 4) is 0 Å². The highest BCUT2D eigenvalue weighted by Crippen LogP contribution is 2.03. The molecule has 2 N–H and O–H groups in total. The quantitative estimate of drug-likeness (QED) is 0.716. The Kier molecular flexibility index (Phi) is 2.32. The summed E-state index contributed by atoms with van der Waals surface area (Å²) in [6.45, 7) is 0. The SMILES string of the molecule is CS(=O)(=O)Cc1cccc(N)n1. The van der Waals surface area contributed by atoms with E-state index >= 15 is 0 Å². The molecule has 0 spiro atoms. The van der Waals surface area contributed by atoms with E-state index in [1.54, 1.807) is 18.2 Å². The maximum atomic E-state index is 10.8. The average Bonchev–Trinajstić information content (AvgIpc) is 1.82. The van der Waals surface area contributed by atoms with E-state index < -0.39 is 9.84 Å². The summed E-state index contributed by atoms with van der Waals surface area (Å²) < 4.78 is 21.7. The number of nitrogen functional groups attached to an aromatic ring is 1. The number of nitrogens with zero attached hydrogens (tertiary/aromatic N) is 1. The van der Waals surface area contributed by atoms with E-state index in [-0.39, 0.29) is 5.75 Å². The molecule has 1 rings (SSSR count). The molecule has 4 nitrogen and oxygen atoms in total. The Morgan fingerprint density at radius 1 is 1.50 bits per heavy atom. The normalized spacial score (nSPS) is 11.4. The highest BCUT2D eigenvalue weighted by molar-refractivity contribution is 7.89. The molecule has 0 fully saturated rings. The van der Waals surface area contributed by atoms with Crippen molar-refractivity contribution in [3.05, 3.63) is 23.9 Å². The van der Waals surface area contributed by atoms with Crippen LogP contribution in [0.15, 0.2) is 18.2 Å². The lowest BCUT2D eigenvalue weighted by Crippen LogP contribution is -2.03. The lowest BCUT2D eigenvalue weighted by atomic mass is 10.4. The van der Waals surface area contributed by atoms with Gasteiger partial charge in [-0.1, -0.05) is 6.07 Å². The summed E-state index contributed by atoms with van der Waals surface area (Å²) in [5.41, 5.74) is 5.86. The van der Waals surface area contributed by atoms with E-state index in [1.807, 2.05) is 0 Å². The van der Waals surface area contributed by atoms with Crippen LogP contribution in [0.2, 0.25) is 0 Å². The fourth-order valence-electron chi connectivity index (χ4n) is 0.847. The van der Waals surface area contributed by atoms with E-state index in [9.17, 15) is 8.42 Å². The molecule has 5 heteroatoms. The van der Waals surface area contributed by atoms with Crippen molar-refractivity contribution < 1.29 is 8.42 Å². The Bertz CT molecular complexity index is 373. The number of hydrogen-bond acceptors (Lipinski definition) is 4. The molecule has 0 aliphatic heterocycles. The third-order valence-electron chi connectivity index (χ3n) is 1.24. The van der Waals surface area contributed by atoms with Gasteiger partial charge in [0.05, 0.1) is 11.4 Å². The standard InChI is InChI=1S/C7H10N2O2S/c1-12(10,11)5-6-3-2-4-7(8)9-6/h2-4H,5H2,1H3,(H2,8,9). The molecule has 0 aliphatic rings. The van der Waals surface area contributed by atoms with Crippen LogP contribution in [0.4, 0.5) is 5.82 Å². The monoisotopic (exact) mass is 186 g/mol. The lowest BCUT2D eigenvalue weighted by molar-refractivity contribution is 0.600.